The van der Waals surface area contributed by atoms with E-state index < -0.39 is 36.7 Å². The summed E-state index contributed by atoms with van der Waals surface area (Å²) in [4.78, 5) is 31.9. The van der Waals surface area contributed by atoms with Gasteiger partial charge in [-0.05, 0) is 31.5 Å². The lowest BCUT2D eigenvalue weighted by molar-refractivity contribution is -0.0437. The normalized spacial score (nSPS) is 18.0. The summed E-state index contributed by atoms with van der Waals surface area (Å²) in [5, 5.41) is 2.57. The monoisotopic (exact) mass is 492 g/mol. The van der Waals surface area contributed by atoms with Gasteiger partial charge in [-0.1, -0.05) is 19.1 Å². The van der Waals surface area contributed by atoms with E-state index in [4.69, 9.17) is 4.74 Å². The van der Waals surface area contributed by atoms with E-state index in [-0.39, 0.29) is 35.1 Å². The maximum atomic E-state index is 15.1. The number of halogens is 4. The van der Waals surface area contributed by atoms with Crippen molar-refractivity contribution in [1.82, 2.24) is 20.2 Å². The molecule has 1 aliphatic rings. The first-order valence-electron chi connectivity index (χ1n) is 11.1. The van der Waals surface area contributed by atoms with Gasteiger partial charge in [0.1, 0.15) is 11.8 Å². The highest BCUT2D eigenvalue weighted by Gasteiger charge is 2.38. The minimum atomic E-state index is -2.73. The minimum Gasteiger partial charge on any atom is -0.483 e. The molecule has 0 bridgehead atoms. The third kappa shape index (κ3) is 5.14. The number of amides is 1. The van der Waals surface area contributed by atoms with Crippen molar-refractivity contribution in [1.29, 1.82) is 0 Å². The highest BCUT2D eigenvalue weighted by atomic mass is 19.3. The number of aromatic nitrogens is 2. The zero-order chi connectivity index (χ0) is 25.3. The van der Waals surface area contributed by atoms with E-state index in [9.17, 15) is 22.8 Å². The Labute approximate surface area is 198 Å². The summed E-state index contributed by atoms with van der Waals surface area (Å²) in [6.07, 6.45) is -2.58. The molecule has 3 aromatic rings. The van der Waals surface area contributed by atoms with Crippen molar-refractivity contribution in [3.8, 4) is 5.75 Å². The predicted octanol–water partition coefficient (Wildman–Crippen LogP) is 3.41. The number of nitrogens with one attached hydrogen (secondary N) is 2. The van der Waals surface area contributed by atoms with Crippen molar-refractivity contribution in [2.75, 3.05) is 13.1 Å². The molecule has 0 spiro atoms. The van der Waals surface area contributed by atoms with Gasteiger partial charge in [-0.25, -0.2) is 18.2 Å². The average Bonchev–Trinajstić information content (AvgIpc) is 2.83. The Bertz CT molecular complexity index is 1310. The number of pyridine rings is 2. The number of ether oxygens (including phenoxy) is 1. The average molecular weight is 492 g/mol. The summed E-state index contributed by atoms with van der Waals surface area (Å²) in [5.74, 6) is -2.61. The van der Waals surface area contributed by atoms with Crippen LogP contribution in [0, 0.1) is 11.8 Å². The van der Waals surface area contributed by atoms with Crippen molar-refractivity contribution in [3.05, 3.63) is 69.3 Å². The third-order valence-corrected chi connectivity index (χ3v) is 6.14. The van der Waals surface area contributed by atoms with Gasteiger partial charge in [-0.15, -0.1) is 0 Å². The summed E-state index contributed by atoms with van der Waals surface area (Å²) >= 11 is 0. The SMILES string of the molecule is CCc1cc2ccc(CN3C[C@@H](Oc4ccc(C(=O)NCC(F)F)nc4F)[C@H]3C)c(F)c2[nH]c1=O. The molecule has 35 heavy (non-hydrogen) atoms. The van der Waals surface area contributed by atoms with E-state index in [0.717, 1.165) is 0 Å². The molecule has 0 radical (unpaired) electrons. The van der Waals surface area contributed by atoms with Crippen LogP contribution < -0.4 is 15.6 Å². The number of carbonyl (C=O) groups is 1. The molecule has 1 aliphatic heterocycles. The molecule has 2 aromatic heterocycles. The second kappa shape index (κ2) is 10.0. The molecule has 1 aromatic carbocycles. The lowest BCUT2D eigenvalue weighted by Crippen LogP contribution is -2.60. The molecular formula is C24H24F4N4O3. The fourth-order valence-electron chi connectivity index (χ4n) is 3.98. The lowest BCUT2D eigenvalue weighted by Gasteiger charge is -2.45. The van der Waals surface area contributed by atoms with Crippen LogP contribution in [0.3, 0.4) is 0 Å². The molecule has 0 aliphatic carbocycles. The number of nitrogens with zero attached hydrogens (tertiary/aromatic N) is 2. The van der Waals surface area contributed by atoms with Gasteiger partial charge >= 0.3 is 0 Å². The maximum Gasteiger partial charge on any atom is 0.270 e. The molecule has 0 saturated carbocycles. The quantitative estimate of drug-likeness (QED) is 0.372. The van der Waals surface area contributed by atoms with Crippen molar-refractivity contribution >= 4 is 16.8 Å². The van der Waals surface area contributed by atoms with E-state index in [2.05, 4.69) is 9.97 Å². The molecule has 3 heterocycles. The highest BCUT2D eigenvalue weighted by molar-refractivity contribution is 5.92. The second-order valence-corrected chi connectivity index (χ2v) is 8.39. The fraction of sp³-hybridized carbons (Fsp3) is 0.375. The number of aryl methyl sites for hydroxylation is 1. The first kappa shape index (κ1) is 24.6. The van der Waals surface area contributed by atoms with Crippen LogP contribution in [-0.2, 0) is 13.0 Å². The van der Waals surface area contributed by atoms with Gasteiger partial charge in [-0.2, -0.15) is 4.39 Å². The third-order valence-electron chi connectivity index (χ3n) is 6.14. The summed E-state index contributed by atoms with van der Waals surface area (Å²) in [6, 6.07) is 7.36. The van der Waals surface area contributed by atoms with Crippen LogP contribution in [0.15, 0.2) is 35.1 Å². The number of hydrogen-bond acceptors (Lipinski definition) is 5. The second-order valence-electron chi connectivity index (χ2n) is 8.39. The molecule has 7 nitrogen and oxygen atoms in total. The molecular weight excluding hydrogens is 468 g/mol. The minimum absolute atomic E-state index is 0.163. The van der Waals surface area contributed by atoms with Crippen molar-refractivity contribution < 1.29 is 27.1 Å². The van der Waals surface area contributed by atoms with Crippen LogP contribution in [-0.4, -0.2) is 52.4 Å². The van der Waals surface area contributed by atoms with Crippen LogP contribution >= 0.6 is 0 Å². The smallest absolute Gasteiger partial charge is 0.270 e. The number of benzene rings is 1. The van der Waals surface area contributed by atoms with Gasteiger partial charge in [-0.3, -0.25) is 14.5 Å². The van der Waals surface area contributed by atoms with Gasteiger partial charge < -0.3 is 15.0 Å². The maximum absolute atomic E-state index is 15.1. The number of aromatic amines is 1. The lowest BCUT2D eigenvalue weighted by atomic mass is 9.99. The van der Waals surface area contributed by atoms with E-state index in [1.54, 1.807) is 18.2 Å². The largest absolute Gasteiger partial charge is 0.483 e. The number of hydrogen-bond donors (Lipinski definition) is 2. The first-order valence-corrected chi connectivity index (χ1v) is 11.1. The van der Waals surface area contributed by atoms with Crippen molar-refractivity contribution in [2.45, 2.75) is 45.4 Å². The summed E-state index contributed by atoms with van der Waals surface area (Å²) in [6.45, 7) is 3.50. The van der Waals surface area contributed by atoms with Crippen LogP contribution in [0.2, 0.25) is 0 Å². The Kier molecular flexibility index (Phi) is 7.06. The van der Waals surface area contributed by atoms with Crippen LogP contribution in [0.25, 0.3) is 10.9 Å². The van der Waals surface area contributed by atoms with Crippen molar-refractivity contribution in [2.24, 2.45) is 0 Å². The molecule has 186 valence electrons. The van der Waals surface area contributed by atoms with Gasteiger partial charge in [0.15, 0.2) is 11.6 Å². The standard InChI is InChI=1S/C24H24F4N4O3/c1-3-13-8-14-4-5-15(20(27)21(14)31-23(13)33)10-32-11-18(12(32)2)35-17-7-6-16(30-22(17)28)24(34)29-9-19(25)26/h4-8,12,18-19H,3,9-11H2,1-2H3,(H,29,34)(H,31,33)/t12-,18-/m1/s1. The summed E-state index contributed by atoms with van der Waals surface area (Å²) in [5.41, 5.74) is 0.514. The van der Waals surface area contributed by atoms with Crippen LogP contribution in [0.5, 0.6) is 5.75 Å². The zero-order valence-corrected chi connectivity index (χ0v) is 19.1. The first-order chi connectivity index (χ1) is 16.7. The molecule has 0 unspecified atom stereocenters. The molecule has 2 N–H and O–H groups in total. The topological polar surface area (TPSA) is 87.3 Å². The van der Waals surface area contributed by atoms with Crippen molar-refractivity contribution in [3.63, 3.8) is 0 Å². The zero-order valence-electron chi connectivity index (χ0n) is 19.1. The molecule has 2 atom stereocenters. The van der Waals surface area contributed by atoms with Crippen LogP contribution in [0.4, 0.5) is 17.6 Å². The summed E-state index contributed by atoms with van der Waals surface area (Å²) < 4.78 is 59.5. The Morgan fingerprint density at radius 2 is 2.03 bits per heavy atom. The number of fused-ring (bicyclic) bond motifs is 1. The fourth-order valence-corrected chi connectivity index (χ4v) is 3.98. The number of H-pyrrole nitrogens is 1. The predicted molar refractivity (Wildman–Crippen MR) is 121 cm³/mol. The van der Waals surface area contributed by atoms with Gasteiger partial charge in [0.25, 0.3) is 23.8 Å². The number of carbonyl (C=O) groups excluding carboxylic acids is 1. The summed E-state index contributed by atoms with van der Waals surface area (Å²) in [7, 11) is 0. The Morgan fingerprint density at radius 1 is 1.26 bits per heavy atom. The van der Waals surface area contributed by atoms with Crippen LogP contribution in [0.1, 0.15) is 35.5 Å². The van der Waals surface area contributed by atoms with Gasteiger partial charge in [0, 0.05) is 35.6 Å². The Morgan fingerprint density at radius 3 is 2.69 bits per heavy atom. The number of rotatable bonds is 8. The van der Waals surface area contributed by atoms with Gasteiger partial charge in [0.05, 0.1) is 12.1 Å². The molecule has 4 rings (SSSR count). The Hall–Kier alpha value is -3.47. The number of alkyl halides is 2. The molecule has 1 fully saturated rings. The number of likely N-dealkylation sites (tertiary alicyclic amines) is 1. The van der Waals surface area contributed by atoms with Gasteiger partial charge in [0.2, 0.25) is 0 Å². The van der Waals surface area contributed by atoms with E-state index in [0.29, 0.717) is 29.5 Å². The highest BCUT2D eigenvalue weighted by Crippen LogP contribution is 2.29. The van der Waals surface area contributed by atoms with E-state index in [1.165, 1.54) is 12.1 Å². The Balaban J connectivity index is 1.39. The molecule has 11 heteroatoms. The molecule has 1 amide bonds. The molecule has 1 saturated heterocycles. The van der Waals surface area contributed by atoms with E-state index >= 15 is 4.39 Å². The van der Waals surface area contributed by atoms with E-state index in [1.807, 2.05) is 24.1 Å².